The number of allylic oxidation sites excluding steroid dienone is 3. The first-order valence-corrected chi connectivity index (χ1v) is 6.50. The fourth-order valence-corrected chi connectivity index (χ4v) is 2.14. The second-order valence-electron chi connectivity index (χ2n) is 4.30. The third kappa shape index (κ3) is 4.84. The maximum atomic E-state index is 12.6. The van der Waals surface area contributed by atoms with Gasteiger partial charge in [0, 0.05) is 6.04 Å². The van der Waals surface area contributed by atoms with Gasteiger partial charge in [0.1, 0.15) is 0 Å². The van der Waals surface area contributed by atoms with E-state index >= 15 is 0 Å². The van der Waals surface area contributed by atoms with E-state index in [4.69, 9.17) is 0 Å². The molecular weight excluding hydrogens is 239 g/mol. The number of hydrogen-bond acceptors (Lipinski definition) is 1. The number of halogens is 3. The Labute approximate surface area is 108 Å². The van der Waals surface area contributed by atoms with Crippen molar-refractivity contribution in [2.75, 3.05) is 14.1 Å². The minimum atomic E-state index is -4.21. The van der Waals surface area contributed by atoms with Crippen LogP contribution in [0.2, 0.25) is 0 Å². The molecule has 0 amide bonds. The number of alkyl halides is 3. The molecule has 4 heteroatoms. The van der Waals surface area contributed by atoms with Crippen LogP contribution in [-0.2, 0) is 0 Å². The monoisotopic (exact) mass is 263 g/mol. The zero-order valence-electron chi connectivity index (χ0n) is 11.9. The highest BCUT2D eigenvalue weighted by Gasteiger charge is 2.33. The van der Waals surface area contributed by atoms with Crippen molar-refractivity contribution in [2.45, 2.75) is 52.3 Å². The van der Waals surface area contributed by atoms with Crippen LogP contribution in [-0.4, -0.2) is 31.2 Å². The summed E-state index contributed by atoms with van der Waals surface area (Å²) < 4.78 is 37.7. The maximum absolute atomic E-state index is 12.6. The molecule has 0 heterocycles. The van der Waals surface area contributed by atoms with Crippen molar-refractivity contribution in [3.8, 4) is 0 Å². The lowest BCUT2D eigenvalue weighted by atomic mass is 9.92. The molecule has 1 rings (SSSR count). The zero-order valence-corrected chi connectivity index (χ0v) is 11.9. The number of rotatable bonds is 3. The summed E-state index contributed by atoms with van der Waals surface area (Å²) in [6, 6.07) is 0.117. The Balaban J connectivity index is 0.00000137. The van der Waals surface area contributed by atoms with Gasteiger partial charge in [-0.05, 0) is 39.4 Å². The standard InChI is InChI=1S/C12H18F3N.C2H6/c1-4-11(16(2)3)9-6-5-7-10(8-9)12(13,14)15;1-2/h7-8,11H,4-6H2,1-3H3;1-2H3. The highest BCUT2D eigenvalue weighted by molar-refractivity contribution is 5.33. The summed E-state index contributed by atoms with van der Waals surface area (Å²) >= 11 is 0. The van der Waals surface area contributed by atoms with Gasteiger partial charge in [-0.2, -0.15) is 13.2 Å². The minimum absolute atomic E-state index is 0.117. The Hall–Kier alpha value is -0.770. The molecule has 0 radical (unpaired) electrons. The van der Waals surface area contributed by atoms with Crippen LogP contribution in [0.1, 0.15) is 40.0 Å². The summed E-state index contributed by atoms with van der Waals surface area (Å²) in [4.78, 5) is 1.98. The van der Waals surface area contributed by atoms with E-state index in [2.05, 4.69) is 0 Å². The van der Waals surface area contributed by atoms with Crippen molar-refractivity contribution >= 4 is 0 Å². The normalized spacial score (nSPS) is 17.6. The summed E-state index contributed by atoms with van der Waals surface area (Å²) in [5.74, 6) is 0. The highest BCUT2D eigenvalue weighted by Crippen LogP contribution is 2.33. The summed E-state index contributed by atoms with van der Waals surface area (Å²) in [6.45, 7) is 6.00. The molecule has 106 valence electrons. The Morgan fingerprint density at radius 1 is 1.28 bits per heavy atom. The molecule has 0 aromatic heterocycles. The topological polar surface area (TPSA) is 3.24 Å². The van der Waals surface area contributed by atoms with Crippen molar-refractivity contribution in [1.29, 1.82) is 0 Å². The molecule has 0 saturated carbocycles. The first-order valence-electron chi connectivity index (χ1n) is 6.50. The smallest absolute Gasteiger partial charge is 0.303 e. The summed E-state index contributed by atoms with van der Waals surface area (Å²) in [7, 11) is 3.81. The molecule has 1 unspecified atom stereocenters. The molecule has 1 aliphatic rings. The van der Waals surface area contributed by atoms with Crippen LogP contribution in [0.25, 0.3) is 0 Å². The van der Waals surface area contributed by atoms with Crippen molar-refractivity contribution in [2.24, 2.45) is 0 Å². The third-order valence-electron chi connectivity index (χ3n) is 2.90. The molecule has 0 saturated heterocycles. The van der Waals surface area contributed by atoms with Crippen LogP contribution in [0.4, 0.5) is 13.2 Å². The summed E-state index contributed by atoms with van der Waals surface area (Å²) in [5, 5.41) is 0. The van der Waals surface area contributed by atoms with Crippen molar-refractivity contribution in [3.05, 3.63) is 23.3 Å². The van der Waals surface area contributed by atoms with Crippen LogP contribution in [0.5, 0.6) is 0 Å². The lowest BCUT2D eigenvalue weighted by molar-refractivity contribution is -0.0887. The van der Waals surface area contributed by atoms with E-state index < -0.39 is 11.7 Å². The Bertz CT molecular complexity index is 301. The highest BCUT2D eigenvalue weighted by atomic mass is 19.4. The number of hydrogen-bond donors (Lipinski definition) is 0. The van der Waals surface area contributed by atoms with Crippen LogP contribution in [0.15, 0.2) is 23.3 Å². The van der Waals surface area contributed by atoms with Crippen LogP contribution < -0.4 is 0 Å². The zero-order chi connectivity index (χ0) is 14.3. The minimum Gasteiger partial charge on any atom is -0.303 e. The quantitative estimate of drug-likeness (QED) is 0.721. The fraction of sp³-hybridized carbons (Fsp3) is 0.714. The Kier molecular flexibility index (Phi) is 7.29. The van der Waals surface area contributed by atoms with E-state index in [1.807, 2.05) is 39.8 Å². The Morgan fingerprint density at radius 2 is 1.83 bits per heavy atom. The third-order valence-corrected chi connectivity index (χ3v) is 2.90. The molecule has 0 spiro atoms. The molecule has 0 fully saturated rings. The molecule has 18 heavy (non-hydrogen) atoms. The van der Waals surface area contributed by atoms with Gasteiger partial charge in [0.25, 0.3) is 0 Å². The summed E-state index contributed by atoms with van der Waals surface area (Å²) in [5.41, 5.74) is 0.399. The molecule has 0 N–H and O–H groups in total. The molecule has 0 bridgehead atoms. The van der Waals surface area contributed by atoms with Crippen LogP contribution in [0, 0.1) is 0 Å². The molecule has 1 aliphatic carbocycles. The van der Waals surface area contributed by atoms with E-state index in [0.717, 1.165) is 18.4 Å². The molecule has 0 aliphatic heterocycles. The van der Waals surface area contributed by atoms with E-state index in [-0.39, 0.29) is 6.04 Å². The van der Waals surface area contributed by atoms with Crippen LogP contribution >= 0.6 is 0 Å². The van der Waals surface area contributed by atoms with E-state index in [1.165, 1.54) is 12.2 Å². The van der Waals surface area contributed by atoms with Gasteiger partial charge in [0.15, 0.2) is 0 Å². The van der Waals surface area contributed by atoms with E-state index in [1.54, 1.807) is 0 Å². The van der Waals surface area contributed by atoms with Crippen molar-refractivity contribution in [1.82, 2.24) is 4.90 Å². The first-order chi connectivity index (χ1) is 8.36. The van der Waals surface area contributed by atoms with Gasteiger partial charge in [-0.15, -0.1) is 0 Å². The predicted molar refractivity (Wildman–Crippen MR) is 70.6 cm³/mol. The van der Waals surface area contributed by atoms with Crippen LogP contribution in [0.3, 0.4) is 0 Å². The lowest BCUT2D eigenvalue weighted by Gasteiger charge is -2.28. The van der Waals surface area contributed by atoms with Gasteiger partial charge in [-0.3, -0.25) is 0 Å². The molecule has 1 nitrogen and oxygen atoms in total. The van der Waals surface area contributed by atoms with E-state index in [0.29, 0.717) is 6.42 Å². The van der Waals surface area contributed by atoms with Gasteiger partial charge in [0.05, 0.1) is 5.57 Å². The summed E-state index contributed by atoms with van der Waals surface area (Å²) in [6.07, 6.45) is 0.449. The van der Waals surface area contributed by atoms with E-state index in [9.17, 15) is 13.2 Å². The largest absolute Gasteiger partial charge is 0.416 e. The van der Waals surface area contributed by atoms with Gasteiger partial charge >= 0.3 is 6.18 Å². The fourth-order valence-electron chi connectivity index (χ4n) is 2.14. The average molecular weight is 263 g/mol. The average Bonchev–Trinajstić information content (AvgIpc) is 2.31. The second kappa shape index (κ2) is 7.62. The maximum Gasteiger partial charge on any atom is 0.416 e. The van der Waals surface area contributed by atoms with Crippen molar-refractivity contribution < 1.29 is 13.2 Å². The van der Waals surface area contributed by atoms with Gasteiger partial charge in [-0.25, -0.2) is 0 Å². The Morgan fingerprint density at radius 3 is 2.22 bits per heavy atom. The van der Waals surface area contributed by atoms with Gasteiger partial charge in [0.2, 0.25) is 0 Å². The van der Waals surface area contributed by atoms with Gasteiger partial charge < -0.3 is 4.90 Å². The molecule has 1 atom stereocenters. The SMILES string of the molecule is CC.CCC(C1=CC(C(F)(F)F)=CCC1)N(C)C. The molecule has 0 aromatic carbocycles. The molecular formula is C14H24F3N. The number of nitrogens with zero attached hydrogens (tertiary/aromatic N) is 1. The second-order valence-corrected chi connectivity index (χ2v) is 4.30. The molecule has 0 aromatic rings. The number of likely N-dealkylation sites (N-methyl/N-ethyl adjacent to an activating group) is 1. The van der Waals surface area contributed by atoms with Crippen molar-refractivity contribution in [3.63, 3.8) is 0 Å². The first kappa shape index (κ1) is 17.2. The lowest BCUT2D eigenvalue weighted by Crippen LogP contribution is -2.30. The predicted octanol–water partition coefficient (Wildman–Crippen LogP) is 4.56. The van der Waals surface area contributed by atoms with Gasteiger partial charge in [-0.1, -0.05) is 32.4 Å².